The standard InChI is InChI=1S/C17H37Si4.C15H13.C13H10.2ClH.Zr/c1-18(2,3)14-13-15(19(4,5)6)17(21(10,11)12)16(14)20(7,8)9;1-10-3-5-14-12(7-10)9-13-8-11(2)4-6-15(13)14;1-3-7-12(8-4-1)11-13-9-5-2-6-10-13;;;/h14H,1-12H3;3-9H,1-2H3;1-10H;2*1H;/q;;;;;+2/p-2. The van der Waals surface area contributed by atoms with Gasteiger partial charge in [0.2, 0.25) is 0 Å². The number of hydrogen-bond acceptors (Lipinski definition) is 0. The number of benzene rings is 4. The second kappa shape index (κ2) is 15.6. The fraction of sp³-hybridized carbons (Fsp3) is 0.356. The van der Waals surface area contributed by atoms with Crippen LogP contribution in [-0.2, 0) is 21.3 Å². The SMILES string of the molecule is Cc1ccc2c(c1)[CH]([Zr+2]([C]1=C([Si](C)(C)C)C([Si](C)(C)C)=C([Si](C)(C)C)C1[Si](C)(C)C)=[C](c1ccccc1)c1ccccc1)c1cc(C)ccc1-2.[Cl-].[Cl-]. The maximum atomic E-state index is 2.73. The van der Waals surface area contributed by atoms with Gasteiger partial charge in [-0.05, 0) is 0 Å². The fourth-order valence-corrected chi connectivity index (χ4v) is 41.9. The van der Waals surface area contributed by atoms with Crippen LogP contribution in [0.15, 0.2) is 116 Å². The van der Waals surface area contributed by atoms with Crippen LogP contribution in [0.3, 0.4) is 0 Å². The zero-order valence-electron chi connectivity index (χ0n) is 34.1. The summed E-state index contributed by atoms with van der Waals surface area (Å²) in [5.41, 5.74) is 12.5. The van der Waals surface area contributed by atoms with E-state index < -0.39 is 53.6 Å². The summed E-state index contributed by atoms with van der Waals surface area (Å²) in [7, 11) is -7.06. The summed E-state index contributed by atoms with van der Waals surface area (Å²) < 4.78 is 4.16. The van der Waals surface area contributed by atoms with Crippen molar-refractivity contribution in [2.24, 2.45) is 0 Å². The van der Waals surface area contributed by atoms with Gasteiger partial charge in [0.25, 0.3) is 0 Å². The van der Waals surface area contributed by atoms with Gasteiger partial charge in [-0.1, -0.05) is 0 Å². The molecule has 0 aromatic heterocycles. The van der Waals surface area contributed by atoms with Gasteiger partial charge in [-0.3, -0.25) is 0 Å². The number of rotatable bonds is 8. The molecule has 0 amide bonds. The Bertz CT molecular complexity index is 1960. The molecule has 0 saturated heterocycles. The minimum atomic E-state index is -3.05. The van der Waals surface area contributed by atoms with Crippen molar-refractivity contribution in [3.63, 3.8) is 0 Å². The molecule has 0 N–H and O–H groups in total. The maximum Gasteiger partial charge on any atom is -1.00 e. The number of allylic oxidation sites excluding steroid dienone is 4. The molecule has 2 aliphatic rings. The van der Waals surface area contributed by atoms with E-state index in [0.29, 0.717) is 9.17 Å². The molecular formula is C45H60Cl2Si4Zr. The van der Waals surface area contributed by atoms with E-state index in [4.69, 9.17) is 0 Å². The van der Waals surface area contributed by atoms with Crippen LogP contribution in [0.5, 0.6) is 0 Å². The minimum absolute atomic E-state index is 0. The van der Waals surface area contributed by atoms with Crippen molar-refractivity contribution in [1.82, 2.24) is 0 Å². The van der Waals surface area contributed by atoms with Crippen molar-refractivity contribution in [3.05, 3.63) is 149 Å². The second-order valence-corrected chi connectivity index (χ2v) is 45.6. The third kappa shape index (κ3) is 8.08. The zero-order valence-corrected chi connectivity index (χ0v) is 42.1. The van der Waals surface area contributed by atoms with Gasteiger partial charge < -0.3 is 24.8 Å². The summed E-state index contributed by atoms with van der Waals surface area (Å²) >= 11 is -3.05. The van der Waals surface area contributed by atoms with Crippen molar-refractivity contribution in [1.29, 1.82) is 0 Å². The summed E-state index contributed by atoms with van der Waals surface area (Å²) in [6.07, 6.45) is 0. The predicted octanol–water partition coefficient (Wildman–Crippen LogP) is 7.17. The molecule has 52 heavy (non-hydrogen) atoms. The summed E-state index contributed by atoms with van der Waals surface area (Å²) in [6.45, 7) is 37.0. The molecule has 1 atom stereocenters. The first-order valence-corrected chi connectivity index (χ1v) is 36.7. The molecule has 274 valence electrons. The number of fused-ring (bicyclic) bond motifs is 3. The first kappa shape index (κ1) is 43.3. The van der Waals surface area contributed by atoms with Gasteiger partial charge in [-0.2, -0.15) is 0 Å². The topological polar surface area (TPSA) is 0 Å². The van der Waals surface area contributed by atoms with Crippen LogP contribution in [0.2, 0.25) is 84.1 Å². The van der Waals surface area contributed by atoms with Crippen LogP contribution in [0, 0.1) is 13.8 Å². The van der Waals surface area contributed by atoms with Crippen molar-refractivity contribution in [3.8, 4) is 11.1 Å². The first-order valence-electron chi connectivity index (χ1n) is 18.8. The number of halogens is 2. The van der Waals surface area contributed by atoms with E-state index in [1.807, 2.05) is 18.9 Å². The molecule has 0 spiro atoms. The van der Waals surface area contributed by atoms with Gasteiger partial charge in [0.05, 0.1) is 0 Å². The van der Waals surface area contributed by atoms with E-state index in [1.165, 1.54) is 33.4 Å². The molecule has 1 unspecified atom stereocenters. The van der Waals surface area contributed by atoms with E-state index in [-0.39, 0.29) is 24.8 Å². The van der Waals surface area contributed by atoms with Crippen LogP contribution < -0.4 is 24.8 Å². The molecule has 4 aromatic carbocycles. The average molecular weight is 875 g/mol. The molecule has 0 bridgehead atoms. The third-order valence-electron chi connectivity index (χ3n) is 10.8. The Morgan fingerprint density at radius 3 is 1.25 bits per heavy atom. The van der Waals surface area contributed by atoms with Gasteiger partial charge in [-0.15, -0.1) is 0 Å². The van der Waals surface area contributed by atoms with Crippen molar-refractivity contribution in [2.45, 2.75) is 102 Å². The van der Waals surface area contributed by atoms with E-state index in [1.54, 1.807) is 14.3 Å². The molecule has 7 heteroatoms. The van der Waals surface area contributed by atoms with Gasteiger partial charge in [0, 0.05) is 0 Å². The van der Waals surface area contributed by atoms with Crippen LogP contribution in [-0.4, -0.2) is 35.5 Å². The van der Waals surface area contributed by atoms with Crippen molar-refractivity contribution >= 4 is 35.5 Å². The van der Waals surface area contributed by atoms with Gasteiger partial charge in [-0.25, -0.2) is 0 Å². The Morgan fingerprint density at radius 1 is 0.500 bits per heavy atom. The monoisotopic (exact) mass is 872 g/mol. The van der Waals surface area contributed by atoms with Crippen LogP contribution in [0.4, 0.5) is 0 Å². The molecular weight excluding hydrogens is 815 g/mol. The summed E-state index contributed by atoms with van der Waals surface area (Å²) in [5, 5.41) is 5.85. The van der Waals surface area contributed by atoms with Crippen molar-refractivity contribution < 1.29 is 46.1 Å². The second-order valence-electron chi connectivity index (χ2n) is 19.3. The Kier molecular flexibility index (Phi) is 13.0. The van der Waals surface area contributed by atoms with Crippen molar-refractivity contribution in [2.75, 3.05) is 0 Å². The molecule has 0 fully saturated rings. The minimum Gasteiger partial charge on any atom is -1.00 e. The van der Waals surface area contributed by atoms with E-state index in [9.17, 15) is 0 Å². The number of hydrogen-bond donors (Lipinski definition) is 0. The first-order chi connectivity index (χ1) is 23.2. The Balaban J connectivity index is 0.00000302. The van der Waals surface area contributed by atoms with Crippen LogP contribution >= 0.6 is 0 Å². The molecule has 0 saturated carbocycles. The van der Waals surface area contributed by atoms with Crippen LogP contribution in [0.1, 0.15) is 37.0 Å². The van der Waals surface area contributed by atoms with Crippen LogP contribution in [0.25, 0.3) is 11.1 Å². The van der Waals surface area contributed by atoms with E-state index in [2.05, 4.69) is 189 Å². The molecule has 0 aliphatic heterocycles. The van der Waals surface area contributed by atoms with E-state index >= 15 is 0 Å². The zero-order chi connectivity index (χ0) is 36.6. The quantitative estimate of drug-likeness (QED) is 0.165. The third-order valence-corrected chi connectivity index (χ3v) is 29.9. The van der Waals surface area contributed by atoms with Gasteiger partial charge in [0.15, 0.2) is 0 Å². The van der Waals surface area contributed by atoms with Gasteiger partial charge in [0.1, 0.15) is 0 Å². The summed E-state index contributed by atoms with van der Waals surface area (Å²) in [5.74, 6) is 0. The summed E-state index contributed by atoms with van der Waals surface area (Å²) in [6, 6.07) is 38.2. The molecule has 0 heterocycles. The molecule has 4 aromatic rings. The normalized spacial score (nSPS) is 16.1. The molecule has 2 aliphatic carbocycles. The molecule has 0 radical (unpaired) electrons. The smallest absolute Gasteiger partial charge is 1.00 e. The number of aryl methyl sites for hydroxylation is 2. The maximum absolute atomic E-state index is 3.05. The largest absolute Gasteiger partial charge is 1.00 e. The van der Waals surface area contributed by atoms with E-state index in [0.717, 1.165) is 0 Å². The Hall–Kier alpha value is -1.44. The molecule has 6 rings (SSSR count). The molecule has 0 nitrogen and oxygen atoms in total. The summed E-state index contributed by atoms with van der Waals surface area (Å²) in [4.78, 5) is 0. The Labute approximate surface area is 340 Å². The average Bonchev–Trinajstić information content (AvgIpc) is 3.55. The predicted molar refractivity (Wildman–Crippen MR) is 230 cm³/mol. The fourth-order valence-electron chi connectivity index (χ4n) is 9.16. The Morgan fingerprint density at radius 2 is 0.904 bits per heavy atom. The van der Waals surface area contributed by atoms with Gasteiger partial charge >= 0.3 is 319 Å².